The Kier molecular flexibility index (Phi) is 3.10. The fraction of sp³-hybridized carbons (Fsp3) is 0.375. The first-order valence-corrected chi connectivity index (χ1v) is 4.93. The van der Waals surface area contributed by atoms with Crippen molar-refractivity contribution in [1.82, 2.24) is 29.7 Å². The lowest BCUT2D eigenvalue weighted by atomic mass is 10.5. The van der Waals surface area contributed by atoms with Gasteiger partial charge in [-0.3, -0.25) is 5.43 Å². The Bertz CT molecular complexity index is 482. The summed E-state index contributed by atoms with van der Waals surface area (Å²) in [5, 5.41) is 3.91. The standard InChI is InChI=1S/C8H12N8O/c1-5(2)17-8-13-6(15-9)12-7(14-8)16-4-10-3-11-16/h3-5H,9H2,1-2H3,(H,12,13,14,15). The van der Waals surface area contributed by atoms with Crippen LogP contribution in [0, 0.1) is 0 Å². The number of nitrogen functional groups attached to an aromatic ring is 1. The van der Waals surface area contributed by atoms with Crippen molar-refractivity contribution in [3.05, 3.63) is 12.7 Å². The molecule has 0 fully saturated rings. The molecule has 9 heteroatoms. The van der Waals surface area contributed by atoms with E-state index in [4.69, 9.17) is 10.6 Å². The molecule has 0 radical (unpaired) electrons. The number of nitrogens with one attached hydrogen (secondary N) is 1. The van der Waals surface area contributed by atoms with Crippen LogP contribution in [0.3, 0.4) is 0 Å². The molecule has 0 amide bonds. The number of ether oxygens (including phenoxy) is 1. The van der Waals surface area contributed by atoms with E-state index in [0.29, 0.717) is 0 Å². The van der Waals surface area contributed by atoms with Gasteiger partial charge in [0.05, 0.1) is 6.10 Å². The van der Waals surface area contributed by atoms with Gasteiger partial charge in [-0.15, -0.1) is 0 Å². The van der Waals surface area contributed by atoms with Crippen molar-refractivity contribution >= 4 is 5.95 Å². The maximum Gasteiger partial charge on any atom is 0.323 e. The summed E-state index contributed by atoms with van der Waals surface area (Å²) in [6.45, 7) is 3.74. The summed E-state index contributed by atoms with van der Waals surface area (Å²) >= 11 is 0. The Labute approximate surface area is 97.0 Å². The topological polar surface area (TPSA) is 117 Å². The minimum absolute atomic E-state index is 0.0494. The molecule has 90 valence electrons. The smallest absolute Gasteiger partial charge is 0.323 e. The summed E-state index contributed by atoms with van der Waals surface area (Å²) in [6.07, 6.45) is 2.79. The molecule has 0 aliphatic heterocycles. The lowest BCUT2D eigenvalue weighted by Crippen LogP contribution is -2.16. The minimum Gasteiger partial charge on any atom is -0.461 e. The van der Waals surface area contributed by atoms with E-state index in [1.54, 1.807) is 0 Å². The molecule has 0 spiro atoms. The molecule has 2 rings (SSSR count). The van der Waals surface area contributed by atoms with Crippen LogP contribution in [0.4, 0.5) is 5.95 Å². The third kappa shape index (κ3) is 2.64. The van der Waals surface area contributed by atoms with Gasteiger partial charge in [0, 0.05) is 0 Å². The first-order valence-electron chi connectivity index (χ1n) is 4.93. The van der Waals surface area contributed by atoms with Gasteiger partial charge in [-0.05, 0) is 13.8 Å². The molecular formula is C8H12N8O. The Morgan fingerprint density at radius 1 is 1.35 bits per heavy atom. The summed E-state index contributed by atoms with van der Waals surface area (Å²) < 4.78 is 6.76. The lowest BCUT2D eigenvalue weighted by Gasteiger charge is -2.09. The third-order valence-corrected chi connectivity index (χ3v) is 1.70. The van der Waals surface area contributed by atoms with Crippen molar-refractivity contribution in [1.29, 1.82) is 0 Å². The monoisotopic (exact) mass is 236 g/mol. The van der Waals surface area contributed by atoms with E-state index in [0.717, 1.165) is 0 Å². The second-order valence-corrected chi connectivity index (χ2v) is 3.39. The number of rotatable bonds is 4. The molecule has 0 aliphatic rings. The van der Waals surface area contributed by atoms with Crippen molar-refractivity contribution in [2.75, 3.05) is 5.43 Å². The first-order chi connectivity index (χ1) is 8.19. The van der Waals surface area contributed by atoms with Gasteiger partial charge in [-0.25, -0.2) is 10.8 Å². The van der Waals surface area contributed by atoms with Gasteiger partial charge < -0.3 is 4.74 Å². The van der Waals surface area contributed by atoms with Crippen LogP contribution >= 0.6 is 0 Å². The highest BCUT2D eigenvalue weighted by Gasteiger charge is 2.10. The molecule has 0 bridgehead atoms. The SMILES string of the molecule is CC(C)Oc1nc(NN)nc(-n2cncn2)n1. The molecule has 0 aromatic carbocycles. The van der Waals surface area contributed by atoms with Crippen molar-refractivity contribution < 1.29 is 4.74 Å². The molecule has 2 aromatic rings. The van der Waals surface area contributed by atoms with Crippen molar-refractivity contribution in [3.8, 4) is 12.0 Å². The van der Waals surface area contributed by atoms with E-state index in [2.05, 4.69) is 30.5 Å². The molecule has 2 aromatic heterocycles. The summed E-state index contributed by atoms with van der Waals surface area (Å²) in [7, 11) is 0. The highest BCUT2D eigenvalue weighted by atomic mass is 16.5. The second-order valence-electron chi connectivity index (χ2n) is 3.39. The summed E-state index contributed by atoms with van der Waals surface area (Å²) in [6, 6.07) is 0.174. The quantitative estimate of drug-likeness (QED) is 0.540. The molecule has 3 N–H and O–H groups in total. The Balaban J connectivity index is 2.38. The van der Waals surface area contributed by atoms with Crippen LogP contribution in [0.25, 0.3) is 5.95 Å². The number of anilines is 1. The highest BCUT2D eigenvalue weighted by molar-refractivity contribution is 5.28. The third-order valence-electron chi connectivity index (χ3n) is 1.70. The van der Waals surface area contributed by atoms with Crippen molar-refractivity contribution in [3.63, 3.8) is 0 Å². The molecule has 0 saturated heterocycles. The number of hydrogen-bond acceptors (Lipinski definition) is 8. The van der Waals surface area contributed by atoms with Gasteiger partial charge in [0.15, 0.2) is 0 Å². The van der Waals surface area contributed by atoms with Gasteiger partial charge in [-0.1, -0.05) is 0 Å². The van der Waals surface area contributed by atoms with Crippen LogP contribution in [-0.2, 0) is 0 Å². The van der Waals surface area contributed by atoms with Gasteiger partial charge in [0.2, 0.25) is 5.95 Å². The number of aromatic nitrogens is 6. The first kappa shape index (κ1) is 11.2. The number of hydrazine groups is 1. The van der Waals surface area contributed by atoms with Crippen LogP contribution in [0.1, 0.15) is 13.8 Å². The van der Waals surface area contributed by atoms with Gasteiger partial charge in [0.1, 0.15) is 12.7 Å². The molecule has 0 aliphatic carbocycles. The zero-order valence-electron chi connectivity index (χ0n) is 9.40. The maximum absolute atomic E-state index is 5.38. The molecular weight excluding hydrogens is 224 g/mol. The fourth-order valence-electron chi connectivity index (χ4n) is 1.09. The highest BCUT2D eigenvalue weighted by Crippen LogP contribution is 2.10. The predicted molar refractivity (Wildman–Crippen MR) is 58.3 cm³/mol. The lowest BCUT2D eigenvalue weighted by molar-refractivity contribution is 0.221. The predicted octanol–water partition coefficient (Wildman–Crippen LogP) is -0.475. The zero-order valence-corrected chi connectivity index (χ0v) is 9.40. The number of nitrogens with zero attached hydrogens (tertiary/aromatic N) is 6. The maximum atomic E-state index is 5.38. The number of nitrogens with two attached hydrogens (primary N) is 1. The van der Waals surface area contributed by atoms with Crippen molar-refractivity contribution in [2.45, 2.75) is 20.0 Å². The Hall–Kier alpha value is -2.29. The van der Waals surface area contributed by atoms with E-state index in [1.165, 1.54) is 17.3 Å². The average Bonchev–Trinajstić information content (AvgIpc) is 2.81. The Morgan fingerprint density at radius 2 is 2.18 bits per heavy atom. The van der Waals surface area contributed by atoms with E-state index in [-0.39, 0.29) is 24.0 Å². The van der Waals surface area contributed by atoms with Gasteiger partial charge in [-0.2, -0.15) is 24.7 Å². The van der Waals surface area contributed by atoms with Crippen LogP contribution in [0.2, 0.25) is 0 Å². The zero-order chi connectivity index (χ0) is 12.3. The minimum atomic E-state index is -0.0494. The normalized spacial score (nSPS) is 10.6. The molecule has 0 unspecified atom stereocenters. The fourth-order valence-corrected chi connectivity index (χ4v) is 1.09. The van der Waals surface area contributed by atoms with Gasteiger partial charge >= 0.3 is 6.01 Å². The summed E-state index contributed by atoms with van der Waals surface area (Å²) in [4.78, 5) is 15.9. The van der Waals surface area contributed by atoms with E-state index in [1.807, 2.05) is 13.8 Å². The van der Waals surface area contributed by atoms with Crippen LogP contribution < -0.4 is 16.0 Å². The largest absolute Gasteiger partial charge is 0.461 e. The molecule has 17 heavy (non-hydrogen) atoms. The van der Waals surface area contributed by atoms with Gasteiger partial charge in [0.25, 0.3) is 5.95 Å². The second kappa shape index (κ2) is 4.70. The average molecular weight is 236 g/mol. The Morgan fingerprint density at radius 3 is 2.76 bits per heavy atom. The molecule has 9 nitrogen and oxygen atoms in total. The van der Waals surface area contributed by atoms with E-state index < -0.39 is 0 Å². The van der Waals surface area contributed by atoms with E-state index in [9.17, 15) is 0 Å². The van der Waals surface area contributed by atoms with Crippen molar-refractivity contribution in [2.24, 2.45) is 5.84 Å². The van der Waals surface area contributed by atoms with Crippen LogP contribution in [-0.4, -0.2) is 35.8 Å². The number of hydrogen-bond donors (Lipinski definition) is 2. The molecule has 0 saturated carbocycles. The summed E-state index contributed by atoms with van der Waals surface area (Å²) in [5.74, 6) is 5.74. The van der Waals surface area contributed by atoms with E-state index >= 15 is 0 Å². The molecule has 0 atom stereocenters. The van der Waals surface area contributed by atoms with Crippen LogP contribution in [0.5, 0.6) is 6.01 Å². The molecule has 2 heterocycles. The summed E-state index contributed by atoms with van der Waals surface area (Å²) in [5.41, 5.74) is 2.34. The van der Waals surface area contributed by atoms with Crippen LogP contribution in [0.15, 0.2) is 12.7 Å².